The van der Waals surface area contributed by atoms with Gasteiger partial charge in [-0.15, -0.1) is 0 Å². The Morgan fingerprint density at radius 1 is 1.06 bits per heavy atom. The number of hydrogen-bond donors (Lipinski definition) is 0. The second-order valence-corrected chi connectivity index (χ2v) is 6.38. The third kappa shape index (κ3) is 2.36. The maximum Gasteiger partial charge on any atom is 0.184 e. The molecule has 0 aromatic rings. The van der Waals surface area contributed by atoms with Crippen LogP contribution >= 0.6 is 0 Å². The molecule has 17 heavy (non-hydrogen) atoms. The van der Waals surface area contributed by atoms with Crippen LogP contribution in [0.1, 0.15) is 71.1 Å². The minimum Gasteiger partial charge on any atom is -0.474 e. The molecule has 3 fully saturated rings. The second-order valence-electron chi connectivity index (χ2n) is 6.38. The quantitative estimate of drug-likeness (QED) is 0.671. The molecule has 0 aromatic heterocycles. The van der Waals surface area contributed by atoms with Crippen molar-refractivity contribution in [2.75, 3.05) is 0 Å². The van der Waals surface area contributed by atoms with Crippen molar-refractivity contribution in [3.63, 3.8) is 0 Å². The van der Waals surface area contributed by atoms with E-state index in [0.717, 1.165) is 18.2 Å². The second kappa shape index (κ2) is 4.62. The predicted molar refractivity (Wildman–Crippen MR) is 70.4 cm³/mol. The van der Waals surface area contributed by atoms with Gasteiger partial charge in [-0.2, -0.15) is 0 Å². The Morgan fingerprint density at radius 3 is 2.59 bits per heavy atom. The highest BCUT2D eigenvalue weighted by Gasteiger charge is 2.45. The van der Waals surface area contributed by atoms with Crippen LogP contribution in [-0.2, 0) is 4.74 Å². The van der Waals surface area contributed by atoms with E-state index in [2.05, 4.69) is 6.92 Å². The van der Waals surface area contributed by atoms with Crippen LogP contribution < -0.4 is 0 Å². The van der Waals surface area contributed by atoms with Gasteiger partial charge in [0.05, 0.1) is 6.04 Å². The SMILES string of the molecule is CC12CCCCC1CC(=NC1CCCCC1)O2. The summed E-state index contributed by atoms with van der Waals surface area (Å²) in [5, 5.41) is 0. The van der Waals surface area contributed by atoms with Gasteiger partial charge in [0.1, 0.15) is 5.60 Å². The molecule has 2 unspecified atom stereocenters. The molecule has 1 heterocycles. The Hall–Kier alpha value is -0.530. The summed E-state index contributed by atoms with van der Waals surface area (Å²) in [6.45, 7) is 2.31. The monoisotopic (exact) mass is 235 g/mol. The third-order valence-corrected chi connectivity index (χ3v) is 5.01. The van der Waals surface area contributed by atoms with Crippen molar-refractivity contribution in [3.8, 4) is 0 Å². The fraction of sp³-hybridized carbons (Fsp3) is 0.933. The smallest absolute Gasteiger partial charge is 0.184 e. The molecule has 1 saturated heterocycles. The standard InChI is InChI=1S/C15H25NO/c1-15-10-6-5-7-12(15)11-14(17-15)16-13-8-3-2-4-9-13/h12-13H,2-11H2,1H3. The molecule has 2 atom stereocenters. The highest BCUT2D eigenvalue weighted by molar-refractivity contribution is 5.79. The number of fused-ring (bicyclic) bond motifs is 1. The van der Waals surface area contributed by atoms with E-state index in [4.69, 9.17) is 9.73 Å². The van der Waals surface area contributed by atoms with Gasteiger partial charge in [0.2, 0.25) is 0 Å². The summed E-state index contributed by atoms with van der Waals surface area (Å²) in [5.41, 5.74) is 0.131. The van der Waals surface area contributed by atoms with E-state index in [9.17, 15) is 0 Å². The molecule has 0 spiro atoms. The summed E-state index contributed by atoms with van der Waals surface area (Å²) in [4.78, 5) is 4.90. The summed E-state index contributed by atoms with van der Waals surface area (Å²) in [7, 11) is 0. The van der Waals surface area contributed by atoms with Gasteiger partial charge in [0, 0.05) is 12.3 Å². The first kappa shape index (κ1) is 11.6. The van der Waals surface area contributed by atoms with Gasteiger partial charge in [-0.1, -0.05) is 25.7 Å². The van der Waals surface area contributed by atoms with Crippen LogP contribution in [0.5, 0.6) is 0 Å². The normalized spacial score (nSPS) is 41.2. The van der Waals surface area contributed by atoms with Crippen molar-refractivity contribution >= 4 is 5.90 Å². The number of nitrogens with zero attached hydrogens (tertiary/aromatic N) is 1. The Balaban J connectivity index is 1.67. The lowest BCUT2D eigenvalue weighted by molar-refractivity contribution is 0.0219. The van der Waals surface area contributed by atoms with E-state index in [-0.39, 0.29) is 5.60 Å². The molecular weight excluding hydrogens is 210 g/mol. The number of hydrogen-bond acceptors (Lipinski definition) is 2. The van der Waals surface area contributed by atoms with E-state index < -0.39 is 0 Å². The molecule has 96 valence electrons. The molecule has 0 aromatic carbocycles. The van der Waals surface area contributed by atoms with Gasteiger partial charge >= 0.3 is 0 Å². The average Bonchev–Trinajstić information content (AvgIpc) is 2.66. The van der Waals surface area contributed by atoms with Crippen LogP contribution in [0.2, 0.25) is 0 Å². The molecule has 3 rings (SSSR count). The summed E-state index contributed by atoms with van der Waals surface area (Å²) in [6, 6.07) is 0.572. The molecule has 0 bridgehead atoms. The Labute approximate surface area is 105 Å². The van der Waals surface area contributed by atoms with E-state index in [1.54, 1.807) is 0 Å². The maximum atomic E-state index is 6.21. The topological polar surface area (TPSA) is 21.6 Å². The number of aliphatic imine (C=N–C) groups is 1. The van der Waals surface area contributed by atoms with Crippen molar-refractivity contribution in [2.45, 2.75) is 82.8 Å². The lowest BCUT2D eigenvalue weighted by Crippen LogP contribution is -2.34. The highest BCUT2D eigenvalue weighted by atomic mass is 16.5. The van der Waals surface area contributed by atoms with Crippen molar-refractivity contribution in [3.05, 3.63) is 0 Å². The first-order chi connectivity index (χ1) is 8.26. The Morgan fingerprint density at radius 2 is 1.82 bits per heavy atom. The fourth-order valence-corrected chi connectivity index (χ4v) is 3.84. The van der Waals surface area contributed by atoms with Gasteiger partial charge in [-0.05, 0) is 39.0 Å². The zero-order valence-electron chi connectivity index (χ0n) is 11.1. The minimum atomic E-state index is 0.131. The number of rotatable bonds is 1. The van der Waals surface area contributed by atoms with Crippen LogP contribution in [0.4, 0.5) is 0 Å². The van der Waals surface area contributed by atoms with Gasteiger partial charge in [0.25, 0.3) is 0 Å². The lowest BCUT2D eigenvalue weighted by Gasteiger charge is -2.33. The average molecular weight is 235 g/mol. The summed E-state index contributed by atoms with van der Waals surface area (Å²) in [5.74, 6) is 1.84. The van der Waals surface area contributed by atoms with Gasteiger partial charge in [-0.25, -0.2) is 0 Å². The largest absolute Gasteiger partial charge is 0.474 e. The van der Waals surface area contributed by atoms with Crippen LogP contribution in [0.25, 0.3) is 0 Å². The van der Waals surface area contributed by atoms with E-state index in [0.29, 0.717) is 6.04 Å². The van der Waals surface area contributed by atoms with E-state index in [1.807, 2.05) is 0 Å². The molecule has 2 heteroatoms. The summed E-state index contributed by atoms with van der Waals surface area (Å²) >= 11 is 0. The van der Waals surface area contributed by atoms with E-state index >= 15 is 0 Å². The zero-order valence-corrected chi connectivity index (χ0v) is 11.1. The number of ether oxygens (including phenoxy) is 1. The zero-order chi connectivity index (χ0) is 11.7. The van der Waals surface area contributed by atoms with Crippen LogP contribution in [0, 0.1) is 5.92 Å². The molecule has 2 nitrogen and oxygen atoms in total. The lowest BCUT2D eigenvalue weighted by atomic mass is 9.77. The molecule has 0 N–H and O–H groups in total. The maximum absolute atomic E-state index is 6.21. The molecule has 3 aliphatic rings. The van der Waals surface area contributed by atoms with Crippen LogP contribution in [-0.4, -0.2) is 17.5 Å². The Kier molecular flexibility index (Phi) is 3.14. The van der Waals surface area contributed by atoms with Crippen LogP contribution in [0.15, 0.2) is 4.99 Å². The van der Waals surface area contributed by atoms with Gasteiger partial charge in [-0.3, -0.25) is 4.99 Å². The van der Waals surface area contributed by atoms with Crippen molar-refractivity contribution in [1.82, 2.24) is 0 Å². The molecule has 0 radical (unpaired) electrons. The first-order valence-corrected chi connectivity index (χ1v) is 7.52. The third-order valence-electron chi connectivity index (χ3n) is 5.01. The molecule has 2 aliphatic carbocycles. The molecule has 2 saturated carbocycles. The molecule has 0 amide bonds. The van der Waals surface area contributed by atoms with Gasteiger partial charge in [0.15, 0.2) is 5.90 Å². The van der Waals surface area contributed by atoms with Crippen molar-refractivity contribution < 1.29 is 4.74 Å². The Bertz CT molecular complexity index is 306. The highest BCUT2D eigenvalue weighted by Crippen LogP contribution is 2.44. The van der Waals surface area contributed by atoms with Crippen LogP contribution in [0.3, 0.4) is 0 Å². The molecule has 1 aliphatic heterocycles. The van der Waals surface area contributed by atoms with Crippen molar-refractivity contribution in [1.29, 1.82) is 0 Å². The first-order valence-electron chi connectivity index (χ1n) is 7.52. The molecular formula is C15H25NO. The van der Waals surface area contributed by atoms with E-state index in [1.165, 1.54) is 57.8 Å². The fourth-order valence-electron chi connectivity index (χ4n) is 3.84. The summed E-state index contributed by atoms with van der Waals surface area (Å²) in [6.07, 6.45) is 13.1. The predicted octanol–water partition coefficient (Wildman–Crippen LogP) is 4.09. The minimum absolute atomic E-state index is 0.131. The summed E-state index contributed by atoms with van der Waals surface area (Å²) < 4.78 is 6.21. The van der Waals surface area contributed by atoms with Crippen molar-refractivity contribution in [2.24, 2.45) is 10.9 Å². The van der Waals surface area contributed by atoms with Gasteiger partial charge < -0.3 is 4.74 Å².